The number of nitrogens with zero attached hydrogens (tertiary/aromatic N) is 1. The van der Waals surface area contributed by atoms with E-state index in [0.29, 0.717) is 22.2 Å². The number of carbonyl (C=O) groups is 1. The summed E-state index contributed by atoms with van der Waals surface area (Å²) < 4.78 is 5.62. The highest BCUT2D eigenvalue weighted by atomic mass is 35.5. The molecule has 0 aliphatic rings. The zero-order chi connectivity index (χ0) is 13.1. The van der Waals surface area contributed by atoms with Gasteiger partial charge in [-0.05, 0) is 43.7 Å². The fourth-order valence-electron chi connectivity index (χ4n) is 1.49. The minimum atomic E-state index is -0.0169. The number of hydrogen-bond donors (Lipinski definition) is 0. The molecule has 0 fully saturated rings. The Hall–Kier alpha value is -1.87. The summed E-state index contributed by atoms with van der Waals surface area (Å²) in [5.41, 5.74) is 1.50. The number of aryl methyl sites for hydroxylation is 1. The third-order valence-electron chi connectivity index (χ3n) is 2.49. The second-order valence-electron chi connectivity index (χ2n) is 3.95. The number of rotatable bonds is 3. The molecular formula is C14H12ClNO2. The van der Waals surface area contributed by atoms with Crippen LogP contribution in [0.1, 0.15) is 22.8 Å². The van der Waals surface area contributed by atoms with Gasteiger partial charge in [0.05, 0.1) is 0 Å². The van der Waals surface area contributed by atoms with Crippen molar-refractivity contribution in [2.75, 3.05) is 0 Å². The van der Waals surface area contributed by atoms with Crippen LogP contribution < -0.4 is 4.74 Å². The summed E-state index contributed by atoms with van der Waals surface area (Å²) in [7, 11) is 0. The van der Waals surface area contributed by atoms with Crippen molar-refractivity contribution in [2.24, 2.45) is 0 Å². The summed E-state index contributed by atoms with van der Waals surface area (Å²) >= 11 is 5.87. The third kappa shape index (κ3) is 2.87. The van der Waals surface area contributed by atoms with Crippen LogP contribution >= 0.6 is 11.6 Å². The molecule has 0 N–H and O–H groups in total. The Kier molecular flexibility index (Phi) is 3.63. The van der Waals surface area contributed by atoms with Gasteiger partial charge in [-0.1, -0.05) is 11.6 Å². The molecule has 0 amide bonds. The van der Waals surface area contributed by atoms with Crippen LogP contribution in [0, 0.1) is 6.92 Å². The minimum Gasteiger partial charge on any atom is -0.439 e. The maximum absolute atomic E-state index is 11.1. The molecule has 2 aromatic rings. The van der Waals surface area contributed by atoms with Crippen LogP contribution in [0.2, 0.25) is 5.02 Å². The molecule has 0 saturated heterocycles. The van der Waals surface area contributed by atoms with Crippen molar-refractivity contribution in [1.82, 2.24) is 4.98 Å². The molecule has 0 aliphatic heterocycles. The van der Waals surface area contributed by atoms with Crippen molar-refractivity contribution in [3.63, 3.8) is 0 Å². The van der Waals surface area contributed by atoms with Gasteiger partial charge in [0.1, 0.15) is 5.75 Å². The number of ether oxygens (including phenoxy) is 1. The highest BCUT2D eigenvalue weighted by Crippen LogP contribution is 2.26. The molecule has 0 atom stereocenters. The highest BCUT2D eigenvalue weighted by molar-refractivity contribution is 6.30. The lowest BCUT2D eigenvalue weighted by Gasteiger charge is -2.08. The Morgan fingerprint density at radius 3 is 2.61 bits per heavy atom. The van der Waals surface area contributed by atoms with E-state index in [1.165, 1.54) is 13.1 Å². The van der Waals surface area contributed by atoms with Crippen molar-refractivity contribution < 1.29 is 9.53 Å². The van der Waals surface area contributed by atoms with Gasteiger partial charge in [-0.3, -0.25) is 4.79 Å². The smallest absolute Gasteiger partial charge is 0.219 e. The van der Waals surface area contributed by atoms with Crippen molar-refractivity contribution in [3.05, 3.63) is 52.7 Å². The van der Waals surface area contributed by atoms with E-state index >= 15 is 0 Å². The van der Waals surface area contributed by atoms with E-state index in [4.69, 9.17) is 16.3 Å². The van der Waals surface area contributed by atoms with E-state index in [-0.39, 0.29) is 5.78 Å². The fraction of sp³-hybridized carbons (Fsp3) is 0.143. The summed E-state index contributed by atoms with van der Waals surface area (Å²) in [5.74, 6) is 1.13. The van der Waals surface area contributed by atoms with Gasteiger partial charge in [0.2, 0.25) is 5.88 Å². The summed E-state index contributed by atoms with van der Waals surface area (Å²) in [6.45, 7) is 3.41. The van der Waals surface area contributed by atoms with Gasteiger partial charge in [0.15, 0.2) is 5.78 Å². The number of carbonyl (C=O) groups excluding carboxylic acids is 1. The molecule has 1 heterocycles. The Morgan fingerprint density at radius 2 is 2.06 bits per heavy atom. The molecule has 1 aromatic carbocycles. The molecule has 0 radical (unpaired) electrons. The first-order valence-electron chi connectivity index (χ1n) is 5.47. The van der Waals surface area contributed by atoms with Crippen molar-refractivity contribution in [2.45, 2.75) is 13.8 Å². The SMILES string of the molecule is CC(=O)c1ccc(Oc2ccc(Cl)cc2C)nc1. The predicted molar refractivity (Wildman–Crippen MR) is 70.5 cm³/mol. The lowest BCUT2D eigenvalue weighted by molar-refractivity contribution is 0.101. The third-order valence-corrected chi connectivity index (χ3v) is 2.73. The Morgan fingerprint density at radius 1 is 1.28 bits per heavy atom. The summed E-state index contributed by atoms with van der Waals surface area (Å²) in [4.78, 5) is 15.2. The molecule has 0 unspecified atom stereocenters. The van der Waals surface area contributed by atoms with Crippen LogP contribution in [0.15, 0.2) is 36.5 Å². The van der Waals surface area contributed by atoms with Crippen LogP contribution in [-0.4, -0.2) is 10.8 Å². The lowest BCUT2D eigenvalue weighted by atomic mass is 10.2. The van der Waals surface area contributed by atoms with Crippen LogP contribution in [0.4, 0.5) is 0 Å². The number of benzene rings is 1. The Bertz CT molecular complexity index is 579. The second kappa shape index (κ2) is 5.19. The van der Waals surface area contributed by atoms with Crippen molar-refractivity contribution in [1.29, 1.82) is 0 Å². The van der Waals surface area contributed by atoms with E-state index in [9.17, 15) is 4.79 Å². The van der Waals surface area contributed by atoms with Crippen molar-refractivity contribution >= 4 is 17.4 Å². The molecule has 0 aliphatic carbocycles. The van der Waals surface area contributed by atoms with Gasteiger partial charge in [0, 0.05) is 22.8 Å². The summed E-state index contributed by atoms with van der Waals surface area (Å²) in [6, 6.07) is 8.73. The first-order chi connectivity index (χ1) is 8.56. The van der Waals surface area contributed by atoms with Crippen LogP contribution in [0.5, 0.6) is 11.6 Å². The zero-order valence-corrected chi connectivity index (χ0v) is 10.9. The zero-order valence-electron chi connectivity index (χ0n) is 10.1. The molecule has 92 valence electrons. The molecule has 2 rings (SSSR count). The predicted octanol–water partition coefficient (Wildman–Crippen LogP) is 4.04. The average molecular weight is 262 g/mol. The van der Waals surface area contributed by atoms with Crippen LogP contribution in [0.3, 0.4) is 0 Å². The standard InChI is InChI=1S/C14H12ClNO2/c1-9-7-12(15)4-5-13(9)18-14-6-3-11(8-16-14)10(2)17/h3-8H,1-2H3. The van der Waals surface area contributed by atoms with Gasteiger partial charge in [-0.15, -0.1) is 0 Å². The maximum atomic E-state index is 11.1. The summed E-state index contributed by atoms with van der Waals surface area (Å²) in [5, 5.41) is 0.666. The van der Waals surface area contributed by atoms with E-state index in [0.717, 1.165) is 5.56 Å². The number of halogens is 1. The number of aromatic nitrogens is 1. The Balaban J connectivity index is 2.21. The molecule has 4 heteroatoms. The first-order valence-corrected chi connectivity index (χ1v) is 5.85. The molecule has 1 aromatic heterocycles. The van der Waals surface area contributed by atoms with E-state index in [2.05, 4.69) is 4.98 Å². The molecule has 0 bridgehead atoms. The topological polar surface area (TPSA) is 39.2 Å². The van der Waals surface area contributed by atoms with Crippen LogP contribution in [-0.2, 0) is 0 Å². The van der Waals surface area contributed by atoms with E-state index in [1.807, 2.05) is 13.0 Å². The lowest BCUT2D eigenvalue weighted by Crippen LogP contribution is -1.95. The number of ketones is 1. The summed E-state index contributed by atoms with van der Waals surface area (Å²) in [6.07, 6.45) is 1.50. The number of Topliss-reactive ketones (excluding diaryl/α,β-unsaturated/α-hetero) is 1. The molecule has 3 nitrogen and oxygen atoms in total. The normalized spacial score (nSPS) is 10.2. The van der Waals surface area contributed by atoms with Gasteiger partial charge in [0.25, 0.3) is 0 Å². The minimum absolute atomic E-state index is 0.0169. The Labute approximate surface area is 110 Å². The largest absolute Gasteiger partial charge is 0.439 e. The number of hydrogen-bond acceptors (Lipinski definition) is 3. The molecule has 18 heavy (non-hydrogen) atoms. The van der Waals surface area contributed by atoms with Crippen molar-refractivity contribution in [3.8, 4) is 11.6 Å². The van der Waals surface area contributed by atoms with Gasteiger partial charge in [-0.25, -0.2) is 4.98 Å². The van der Waals surface area contributed by atoms with E-state index < -0.39 is 0 Å². The average Bonchev–Trinajstić information content (AvgIpc) is 2.33. The van der Waals surface area contributed by atoms with E-state index in [1.54, 1.807) is 24.3 Å². The quantitative estimate of drug-likeness (QED) is 0.783. The van der Waals surface area contributed by atoms with Gasteiger partial charge >= 0.3 is 0 Å². The van der Waals surface area contributed by atoms with Crippen LogP contribution in [0.25, 0.3) is 0 Å². The van der Waals surface area contributed by atoms with Gasteiger partial charge < -0.3 is 4.74 Å². The number of pyridine rings is 1. The second-order valence-corrected chi connectivity index (χ2v) is 4.39. The molecule has 0 spiro atoms. The highest BCUT2D eigenvalue weighted by Gasteiger charge is 2.04. The monoisotopic (exact) mass is 261 g/mol. The molecule has 0 saturated carbocycles. The maximum Gasteiger partial charge on any atom is 0.219 e. The van der Waals surface area contributed by atoms with Gasteiger partial charge in [-0.2, -0.15) is 0 Å². The first kappa shape index (κ1) is 12.6. The fourth-order valence-corrected chi connectivity index (χ4v) is 1.72. The molecular weight excluding hydrogens is 250 g/mol.